The normalized spacial score (nSPS) is 35.2. The molecule has 27 atom stereocenters. The fourth-order valence-electron chi connectivity index (χ4n) is 13.9. The third-order valence-corrected chi connectivity index (χ3v) is 20.2. The van der Waals surface area contributed by atoms with Crippen molar-refractivity contribution in [2.75, 3.05) is 39.6 Å². The quantitative estimate of drug-likeness (QED) is 0.0300. The Bertz CT molecular complexity index is 2220. The van der Waals surface area contributed by atoms with Crippen LogP contribution >= 0.6 is 0 Å². The number of allylic oxidation sites excluding steroid dienone is 1. The van der Waals surface area contributed by atoms with E-state index in [-0.39, 0.29) is 12.3 Å². The Morgan fingerprint density at radius 3 is 1.15 bits per heavy atom. The Hall–Kier alpha value is -2.36. The van der Waals surface area contributed by atoms with Gasteiger partial charge in [0.25, 0.3) is 0 Å². The van der Waals surface area contributed by atoms with E-state index in [1.807, 2.05) is 6.08 Å². The second kappa shape index (κ2) is 50.4. The van der Waals surface area contributed by atoms with Crippen molar-refractivity contribution in [3.63, 3.8) is 0 Å². The van der Waals surface area contributed by atoms with Gasteiger partial charge in [0.05, 0.1) is 51.8 Å². The molecule has 5 fully saturated rings. The van der Waals surface area contributed by atoms with Gasteiger partial charge in [-0.05, 0) is 19.3 Å². The van der Waals surface area contributed by atoms with Gasteiger partial charge in [0.15, 0.2) is 31.5 Å². The first kappa shape index (κ1) is 90.3. The number of ether oxygens (including phenoxy) is 10. The third kappa shape index (κ3) is 29.2. The maximum atomic E-state index is 13.5. The maximum absolute atomic E-state index is 13.5. The lowest BCUT2D eigenvalue weighted by atomic mass is 9.94. The van der Waals surface area contributed by atoms with Gasteiger partial charge in [-0.1, -0.05) is 206 Å². The van der Waals surface area contributed by atoms with Crippen molar-refractivity contribution in [3.05, 3.63) is 12.2 Å². The summed E-state index contributed by atoms with van der Waals surface area (Å²) in [5, 5.41) is 181. The molecule has 0 aromatic rings. The monoisotopic (exact) mass is 1470 g/mol. The zero-order valence-corrected chi connectivity index (χ0v) is 60.7. The first-order chi connectivity index (χ1) is 49.2. The molecule has 0 aromatic heterocycles. The predicted molar refractivity (Wildman–Crippen MR) is 368 cm³/mol. The van der Waals surface area contributed by atoms with Crippen LogP contribution in [0, 0.1) is 0 Å². The molecule has 598 valence electrons. The zero-order valence-electron chi connectivity index (χ0n) is 60.7. The van der Waals surface area contributed by atoms with E-state index in [1.165, 1.54) is 141 Å². The molecule has 0 radical (unpaired) electrons. The molecule has 5 rings (SSSR count). The molecule has 30 nitrogen and oxygen atoms in total. The summed E-state index contributed by atoms with van der Waals surface area (Å²) in [5.41, 5.74) is 0. The molecule has 30 heteroatoms. The first-order valence-corrected chi connectivity index (χ1v) is 38.5. The second-order valence-electron chi connectivity index (χ2n) is 28.5. The van der Waals surface area contributed by atoms with Crippen molar-refractivity contribution in [1.82, 2.24) is 10.6 Å². The van der Waals surface area contributed by atoms with Crippen LogP contribution in [0.4, 0.5) is 0 Å². The fourth-order valence-corrected chi connectivity index (χ4v) is 13.9. The van der Waals surface area contributed by atoms with Gasteiger partial charge in [0.1, 0.15) is 122 Å². The molecule has 0 saturated carbocycles. The molecular weight excluding hydrogens is 1340 g/mol. The number of amides is 2. The summed E-state index contributed by atoms with van der Waals surface area (Å²) in [6.07, 6.45) is -5.79. The van der Waals surface area contributed by atoms with Gasteiger partial charge >= 0.3 is 0 Å². The largest absolute Gasteiger partial charge is 0.394 e. The van der Waals surface area contributed by atoms with Crippen molar-refractivity contribution in [2.24, 2.45) is 0 Å². The van der Waals surface area contributed by atoms with Crippen LogP contribution in [0.25, 0.3) is 0 Å². The van der Waals surface area contributed by atoms with Crippen LogP contribution in [0.5, 0.6) is 0 Å². The number of hydrogen-bond acceptors (Lipinski definition) is 28. The highest BCUT2D eigenvalue weighted by Crippen LogP contribution is 2.37. The lowest BCUT2D eigenvalue weighted by Crippen LogP contribution is -2.70. The summed E-state index contributed by atoms with van der Waals surface area (Å²) in [5.74, 6) is -1.15. The third-order valence-electron chi connectivity index (χ3n) is 20.2. The van der Waals surface area contributed by atoms with Gasteiger partial charge in [0.2, 0.25) is 11.8 Å². The highest BCUT2D eigenvalue weighted by molar-refractivity contribution is 5.76. The van der Waals surface area contributed by atoms with Crippen LogP contribution in [0.2, 0.25) is 0 Å². The molecule has 0 aromatic carbocycles. The number of aliphatic hydroxyl groups excluding tert-OH is 16. The number of aliphatic hydroxyl groups is 16. The number of rotatable bonds is 52. The summed E-state index contributed by atoms with van der Waals surface area (Å²) in [6.45, 7) is 0.357. The van der Waals surface area contributed by atoms with Crippen LogP contribution in [-0.4, -0.2) is 299 Å². The highest BCUT2D eigenvalue weighted by Gasteiger charge is 2.57. The second-order valence-corrected chi connectivity index (χ2v) is 28.5. The van der Waals surface area contributed by atoms with Crippen molar-refractivity contribution < 1.29 is 139 Å². The summed E-state index contributed by atoms with van der Waals surface area (Å²) < 4.78 is 58.4. The van der Waals surface area contributed by atoms with E-state index in [0.29, 0.717) is 12.8 Å². The Balaban J connectivity index is 1.18. The van der Waals surface area contributed by atoms with Gasteiger partial charge in [-0.15, -0.1) is 0 Å². The minimum atomic E-state index is -2.15. The molecule has 5 aliphatic heterocycles. The van der Waals surface area contributed by atoms with Crippen molar-refractivity contribution >= 4 is 11.8 Å². The van der Waals surface area contributed by atoms with Crippen LogP contribution in [0.15, 0.2) is 12.2 Å². The summed E-state index contributed by atoms with van der Waals surface area (Å²) >= 11 is 0. The van der Waals surface area contributed by atoms with E-state index in [9.17, 15) is 91.3 Å². The molecule has 5 heterocycles. The van der Waals surface area contributed by atoms with Crippen molar-refractivity contribution in [2.45, 2.75) is 392 Å². The topological polar surface area (TPSA) is 474 Å². The smallest absolute Gasteiger partial charge is 0.220 e. The van der Waals surface area contributed by atoms with Gasteiger partial charge in [-0.2, -0.15) is 0 Å². The maximum Gasteiger partial charge on any atom is 0.220 e. The van der Waals surface area contributed by atoms with Crippen molar-refractivity contribution in [1.29, 1.82) is 0 Å². The van der Waals surface area contributed by atoms with Gasteiger partial charge in [-0.3, -0.25) is 9.59 Å². The Morgan fingerprint density at radius 2 is 0.725 bits per heavy atom. The molecule has 2 amide bonds. The average molecular weight is 1470 g/mol. The van der Waals surface area contributed by atoms with E-state index in [0.717, 1.165) is 51.9 Å². The zero-order chi connectivity index (χ0) is 74.5. The van der Waals surface area contributed by atoms with Crippen LogP contribution in [0.3, 0.4) is 0 Å². The molecule has 0 spiro atoms. The van der Waals surface area contributed by atoms with Gasteiger partial charge in [-0.25, -0.2) is 0 Å². The van der Waals surface area contributed by atoms with Crippen LogP contribution in [0.1, 0.15) is 226 Å². The summed E-state index contributed by atoms with van der Waals surface area (Å²) in [7, 11) is 0. The SMILES string of the molecule is CCCCCCCCCCCCC/C=C/[C@@H](O)[C@H](CO[C@@H]1OC(CO)[C@@H](O[C@@H]2OC(CO)[C@H](O)[C@H](O[C@@H]3OC(CO)[C@@H](O[C@@H]4OC(CO)[C@H](O)[C@H](O[C@@H]5OC(CO)[C@H](O)[C@H](O)C5O)C4O)[C@H](O)C3NC(C)=O)C2O)[C@H](O)C1O)NC(=O)CCCCCCCCCCCCCCCCCCCCC. The van der Waals surface area contributed by atoms with Crippen LogP contribution in [-0.2, 0) is 57.0 Å². The van der Waals surface area contributed by atoms with E-state index in [1.54, 1.807) is 6.08 Å². The minimum absolute atomic E-state index is 0.193. The number of carbonyl (C=O) groups is 2. The lowest BCUT2D eigenvalue weighted by molar-refractivity contribution is -0.387. The lowest BCUT2D eigenvalue weighted by Gasteiger charge is -2.50. The molecule has 0 bridgehead atoms. The van der Waals surface area contributed by atoms with Crippen LogP contribution < -0.4 is 10.6 Å². The standard InChI is InChI=1S/C72H132N2O28/c1-4-6-8-10-12-14-16-18-19-20-21-22-23-25-27-29-31-33-35-37-52(82)74-45(46(81)36-34-32-30-28-26-24-17-15-13-11-9-7-5-2)43-93-69-61(90)59(88)65(51(42-79)98-69)100-72-62(91)66(55(84)48(39-76)96-72)101-68-53(73-44(3)80)57(86)64(50(41-78)97-68)99-71-63(92)67(56(85)49(40-77)95-71)102-70-60(89)58(87)54(83)47(38-75)94-70/h34,36,45-51,53-72,75-79,81,83-92H,4-33,35,37-43H2,1-3H3,(H,73,80)(H,74,82)/b36-34+/t45-,46+,47?,48?,49?,50?,51?,53?,54-,55-,56-,57+,58-,59+,60?,61?,62?,63?,64+,65+,66-,67-,68-,69+,70-,71-,72-/m0/s1. The fraction of sp³-hybridized carbons (Fsp3) is 0.944. The molecule has 18 N–H and O–H groups in total. The first-order valence-electron chi connectivity index (χ1n) is 38.5. The highest BCUT2D eigenvalue weighted by atomic mass is 16.8. The average Bonchev–Trinajstić information content (AvgIpc) is 0.774. The van der Waals surface area contributed by atoms with E-state index >= 15 is 0 Å². The molecule has 5 aliphatic rings. The van der Waals surface area contributed by atoms with Gasteiger partial charge < -0.3 is 140 Å². The number of carbonyl (C=O) groups excluding carboxylic acids is 2. The van der Waals surface area contributed by atoms with E-state index in [4.69, 9.17) is 47.4 Å². The molecule has 10 unspecified atom stereocenters. The molecular formula is C72H132N2O28. The molecule has 102 heavy (non-hydrogen) atoms. The number of unbranched alkanes of at least 4 members (excludes halogenated alkanes) is 29. The predicted octanol–water partition coefficient (Wildman–Crippen LogP) is 1.17. The number of hydrogen-bond donors (Lipinski definition) is 18. The Morgan fingerprint density at radius 1 is 0.382 bits per heavy atom. The Labute approximate surface area is 602 Å². The summed E-state index contributed by atoms with van der Waals surface area (Å²) in [4.78, 5) is 26.3. The van der Waals surface area contributed by atoms with Gasteiger partial charge in [0, 0.05) is 13.3 Å². The van der Waals surface area contributed by atoms with E-state index in [2.05, 4.69) is 24.5 Å². The van der Waals surface area contributed by atoms with E-state index < -0.39 is 211 Å². The molecule has 5 saturated heterocycles. The molecule has 0 aliphatic carbocycles. The number of nitrogens with one attached hydrogen (secondary N) is 2. The summed E-state index contributed by atoms with van der Waals surface area (Å²) in [6, 6.07) is -2.81. The minimum Gasteiger partial charge on any atom is -0.394 e. The van der Waals surface area contributed by atoms with Crippen molar-refractivity contribution in [3.8, 4) is 0 Å². The Kier molecular flexibility index (Phi) is 44.6.